The zero-order chi connectivity index (χ0) is 29.0. The summed E-state index contributed by atoms with van der Waals surface area (Å²) in [5.41, 5.74) is -0.776. The minimum Gasteiger partial charge on any atom is -0.468 e. The predicted molar refractivity (Wildman–Crippen MR) is 145 cm³/mol. The SMILES string of the molecule is COC(=O)C(NS(=O)(=O)c1ccc(Oc2cc(Cl)cc(Cl)c2)cc1)c1c(CCO)[nH]n(-c2ccc(F)cc2)c1=O. The Morgan fingerprint density at radius 3 is 2.25 bits per heavy atom. The average molecular weight is 610 g/mol. The Morgan fingerprint density at radius 1 is 1.05 bits per heavy atom. The van der Waals surface area contributed by atoms with E-state index in [4.69, 9.17) is 32.7 Å². The van der Waals surface area contributed by atoms with Crippen LogP contribution in [-0.4, -0.2) is 43.0 Å². The van der Waals surface area contributed by atoms with Crippen molar-refractivity contribution in [2.45, 2.75) is 17.4 Å². The Bertz CT molecular complexity index is 1670. The number of carbonyl (C=O) groups excluding carboxylic acids is 1. The third-order valence-corrected chi connectivity index (χ3v) is 7.53. The van der Waals surface area contributed by atoms with E-state index >= 15 is 0 Å². The maximum Gasteiger partial charge on any atom is 0.328 e. The van der Waals surface area contributed by atoms with Crippen LogP contribution in [-0.2, 0) is 26.0 Å². The van der Waals surface area contributed by atoms with Crippen LogP contribution in [0.25, 0.3) is 5.69 Å². The van der Waals surface area contributed by atoms with Gasteiger partial charge in [0.2, 0.25) is 10.0 Å². The van der Waals surface area contributed by atoms with Gasteiger partial charge in [-0.15, -0.1) is 0 Å². The van der Waals surface area contributed by atoms with E-state index in [1.165, 1.54) is 54.6 Å². The van der Waals surface area contributed by atoms with E-state index in [-0.39, 0.29) is 34.0 Å². The molecule has 210 valence electrons. The Balaban J connectivity index is 1.67. The standard InChI is InChI=1S/C26H22Cl2FN3O7S/c1-38-26(35)24(23-22(10-11-33)30-32(25(23)34)18-4-2-17(29)3-5-18)31-40(36,37)21-8-6-19(7-9-21)39-20-13-15(27)12-16(28)14-20/h2-9,12-14,24,30-31,33H,10-11H2,1H3. The van der Waals surface area contributed by atoms with Gasteiger partial charge < -0.3 is 14.6 Å². The molecule has 1 atom stereocenters. The number of sulfonamides is 1. The number of halogens is 3. The number of esters is 1. The van der Waals surface area contributed by atoms with E-state index in [1.807, 2.05) is 0 Å². The second-order valence-corrected chi connectivity index (χ2v) is 10.9. The van der Waals surface area contributed by atoms with Crippen LogP contribution in [0.1, 0.15) is 17.3 Å². The smallest absolute Gasteiger partial charge is 0.328 e. The number of benzene rings is 3. The Hall–Kier alpha value is -3.68. The molecule has 0 saturated heterocycles. The molecule has 1 unspecified atom stereocenters. The molecular formula is C26H22Cl2FN3O7S. The summed E-state index contributed by atoms with van der Waals surface area (Å²) in [6.45, 7) is -0.420. The molecule has 0 spiro atoms. The molecule has 1 heterocycles. The number of aromatic amines is 1. The molecule has 10 nitrogen and oxygen atoms in total. The third kappa shape index (κ3) is 6.54. The van der Waals surface area contributed by atoms with Gasteiger partial charge in [-0.05, 0) is 66.7 Å². The lowest BCUT2D eigenvalue weighted by Crippen LogP contribution is -2.38. The van der Waals surface area contributed by atoms with Gasteiger partial charge >= 0.3 is 5.97 Å². The molecule has 0 aliphatic heterocycles. The number of ether oxygens (including phenoxy) is 2. The molecule has 14 heteroatoms. The number of aromatic nitrogens is 2. The summed E-state index contributed by atoms with van der Waals surface area (Å²) in [4.78, 5) is 25.9. The highest BCUT2D eigenvalue weighted by Gasteiger charge is 2.34. The van der Waals surface area contributed by atoms with Gasteiger partial charge in [0.15, 0.2) is 6.04 Å². The monoisotopic (exact) mass is 609 g/mol. The first-order chi connectivity index (χ1) is 19.0. The minimum atomic E-state index is -4.40. The predicted octanol–water partition coefficient (Wildman–Crippen LogP) is 4.13. The van der Waals surface area contributed by atoms with Crippen molar-refractivity contribution in [3.8, 4) is 17.2 Å². The van der Waals surface area contributed by atoms with E-state index in [2.05, 4.69) is 9.82 Å². The van der Waals surface area contributed by atoms with Crippen LogP contribution in [0.3, 0.4) is 0 Å². The number of methoxy groups -OCH3 is 1. The summed E-state index contributed by atoms with van der Waals surface area (Å²) in [5.74, 6) is -0.992. The molecule has 3 aromatic carbocycles. The zero-order valence-corrected chi connectivity index (χ0v) is 23.1. The van der Waals surface area contributed by atoms with Crippen molar-refractivity contribution in [3.63, 3.8) is 0 Å². The maximum absolute atomic E-state index is 13.4. The van der Waals surface area contributed by atoms with Gasteiger partial charge in [0.05, 0.1) is 23.3 Å². The molecule has 0 radical (unpaired) electrons. The van der Waals surface area contributed by atoms with Gasteiger partial charge in [-0.2, -0.15) is 4.72 Å². The number of nitrogens with zero attached hydrogens (tertiary/aromatic N) is 1. The van der Waals surface area contributed by atoms with E-state index < -0.39 is 40.0 Å². The molecule has 3 N–H and O–H groups in total. The number of nitrogens with one attached hydrogen (secondary N) is 2. The molecule has 0 aliphatic rings. The van der Waals surface area contributed by atoms with Crippen LogP contribution >= 0.6 is 23.2 Å². The van der Waals surface area contributed by atoms with Crippen molar-refractivity contribution in [2.24, 2.45) is 0 Å². The van der Waals surface area contributed by atoms with Gasteiger partial charge in [0, 0.05) is 28.8 Å². The fraction of sp³-hybridized carbons (Fsp3) is 0.154. The number of aliphatic hydroxyl groups excluding tert-OH is 1. The fourth-order valence-electron chi connectivity index (χ4n) is 3.84. The molecule has 0 fully saturated rings. The van der Waals surface area contributed by atoms with Gasteiger partial charge in [-0.25, -0.2) is 22.3 Å². The molecule has 0 amide bonds. The van der Waals surface area contributed by atoms with E-state index in [1.54, 1.807) is 0 Å². The van der Waals surface area contributed by atoms with Crippen molar-refractivity contribution in [3.05, 3.63) is 104 Å². The molecule has 0 aliphatic carbocycles. The molecule has 0 bridgehead atoms. The minimum absolute atomic E-state index is 0.0823. The first-order valence-corrected chi connectivity index (χ1v) is 13.8. The first-order valence-electron chi connectivity index (χ1n) is 11.6. The summed E-state index contributed by atoms with van der Waals surface area (Å²) in [6.07, 6.45) is -0.118. The molecular weight excluding hydrogens is 588 g/mol. The molecule has 40 heavy (non-hydrogen) atoms. The van der Waals surface area contributed by atoms with Gasteiger partial charge in [0.1, 0.15) is 17.3 Å². The van der Waals surface area contributed by atoms with E-state index in [0.29, 0.717) is 15.8 Å². The van der Waals surface area contributed by atoms with Crippen LogP contribution in [0.4, 0.5) is 4.39 Å². The van der Waals surface area contributed by atoms with Crippen molar-refractivity contribution in [1.29, 1.82) is 0 Å². The molecule has 1 aromatic heterocycles. The fourth-order valence-corrected chi connectivity index (χ4v) is 5.50. The summed E-state index contributed by atoms with van der Waals surface area (Å²) >= 11 is 12.0. The lowest BCUT2D eigenvalue weighted by Gasteiger charge is -2.16. The van der Waals surface area contributed by atoms with E-state index in [9.17, 15) is 27.5 Å². The van der Waals surface area contributed by atoms with Gasteiger partial charge in [0.25, 0.3) is 5.56 Å². The third-order valence-electron chi connectivity index (χ3n) is 5.66. The highest BCUT2D eigenvalue weighted by atomic mass is 35.5. The molecule has 0 saturated carbocycles. The summed E-state index contributed by atoms with van der Waals surface area (Å²) in [5, 5.41) is 13.0. The molecule has 4 aromatic rings. The van der Waals surface area contributed by atoms with Crippen molar-refractivity contribution in [2.75, 3.05) is 13.7 Å². The Labute approximate surface area is 237 Å². The van der Waals surface area contributed by atoms with Gasteiger partial charge in [-0.1, -0.05) is 23.2 Å². The number of rotatable bonds is 10. The largest absolute Gasteiger partial charge is 0.468 e. The van der Waals surface area contributed by atoms with Crippen LogP contribution in [0.15, 0.2) is 76.4 Å². The summed E-state index contributed by atoms with van der Waals surface area (Å²) in [7, 11) is -3.36. The normalized spacial score (nSPS) is 12.2. The highest BCUT2D eigenvalue weighted by molar-refractivity contribution is 7.89. The van der Waals surface area contributed by atoms with E-state index in [0.717, 1.165) is 23.9 Å². The quantitative estimate of drug-likeness (QED) is 0.230. The van der Waals surface area contributed by atoms with Crippen molar-refractivity contribution < 1.29 is 32.2 Å². The van der Waals surface area contributed by atoms with Crippen molar-refractivity contribution in [1.82, 2.24) is 14.5 Å². The van der Waals surface area contributed by atoms with Crippen LogP contribution in [0.5, 0.6) is 11.5 Å². The number of hydrogen-bond acceptors (Lipinski definition) is 7. The number of carbonyl (C=O) groups is 1. The van der Waals surface area contributed by atoms with Crippen molar-refractivity contribution >= 4 is 39.2 Å². The van der Waals surface area contributed by atoms with Crippen LogP contribution in [0, 0.1) is 5.82 Å². The topological polar surface area (TPSA) is 140 Å². The number of aliphatic hydroxyl groups is 1. The van der Waals surface area contributed by atoms with Crippen LogP contribution < -0.4 is 15.0 Å². The first kappa shape index (κ1) is 29.3. The average Bonchev–Trinajstić information content (AvgIpc) is 3.22. The lowest BCUT2D eigenvalue weighted by atomic mass is 10.1. The lowest BCUT2D eigenvalue weighted by molar-refractivity contribution is -0.142. The van der Waals surface area contributed by atoms with Crippen LogP contribution in [0.2, 0.25) is 10.0 Å². The second kappa shape index (κ2) is 12.2. The Kier molecular flexibility index (Phi) is 8.96. The second-order valence-electron chi connectivity index (χ2n) is 8.35. The molecule has 4 rings (SSSR count). The zero-order valence-electron chi connectivity index (χ0n) is 20.7. The maximum atomic E-state index is 13.4. The number of hydrogen-bond donors (Lipinski definition) is 3. The Morgan fingerprint density at radius 2 is 1.68 bits per heavy atom. The van der Waals surface area contributed by atoms with Gasteiger partial charge in [-0.3, -0.25) is 9.89 Å². The summed E-state index contributed by atoms with van der Waals surface area (Å²) < 4.78 is 53.7. The summed E-state index contributed by atoms with van der Waals surface area (Å²) in [6, 6.07) is 12.9. The number of H-pyrrole nitrogens is 1. The highest BCUT2D eigenvalue weighted by Crippen LogP contribution is 2.29.